The van der Waals surface area contributed by atoms with Crippen molar-refractivity contribution in [1.82, 2.24) is 30.0 Å². The first kappa shape index (κ1) is 29.5. The van der Waals surface area contributed by atoms with Gasteiger partial charge in [-0.3, -0.25) is 14.5 Å². The molecule has 42 heavy (non-hydrogen) atoms. The van der Waals surface area contributed by atoms with Gasteiger partial charge in [-0.15, -0.1) is 0 Å². The van der Waals surface area contributed by atoms with Crippen LogP contribution in [0.3, 0.4) is 0 Å². The van der Waals surface area contributed by atoms with Gasteiger partial charge in [-0.05, 0) is 30.3 Å². The maximum atomic E-state index is 13.1. The summed E-state index contributed by atoms with van der Waals surface area (Å²) < 4.78 is 19.4. The number of carbonyl (C=O) groups is 1. The van der Waals surface area contributed by atoms with E-state index in [0.29, 0.717) is 47.1 Å². The van der Waals surface area contributed by atoms with Crippen LogP contribution >= 0.6 is 0 Å². The van der Waals surface area contributed by atoms with Gasteiger partial charge in [0.1, 0.15) is 28.9 Å². The molecule has 0 bridgehead atoms. The minimum atomic E-state index is -2.14. The summed E-state index contributed by atoms with van der Waals surface area (Å²) in [6.45, 7) is 11.3. The number of benzene rings is 1. The highest BCUT2D eigenvalue weighted by Gasteiger charge is 2.44. The van der Waals surface area contributed by atoms with Crippen molar-refractivity contribution in [2.75, 3.05) is 25.7 Å². The second kappa shape index (κ2) is 11.3. The number of fused-ring (bicyclic) bond motifs is 1. The van der Waals surface area contributed by atoms with Crippen molar-refractivity contribution in [1.29, 1.82) is 0 Å². The Balaban J connectivity index is 1.51. The summed E-state index contributed by atoms with van der Waals surface area (Å²) in [5.41, 5.74) is 3.52. The Bertz CT molecular complexity index is 1580. The summed E-state index contributed by atoms with van der Waals surface area (Å²) in [5, 5.41) is 7.41. The van der Waals surface area contributed by atoms with E-state index in [9.17, 15) is 4.79 Å². The van der Waals surface area contributed by atoms with Gasteiger partial charge in [0.05, 0.1) is 32.3 Å². The van der Waals surface area contributed by atoms with Crippen LogP contribution in [0.25, 0.3) is 22.4 Å². The highest BCUT2D eigenvalue weighted by molar-refractivity contribution is 6.74. The minimum absolute atomic E-state index is 0.000731. The molecule has 4 heterocycles. The Morgan fingerprint density at radius 3 is 2.40 bits per heavy atom. The van der Waals surface area contributed by atoms with E-state index in [-0.39, 0.29) is 17.0 Å². The summed E-state index contributed by atoms with van der Waals surface area (Å²) in [6, 6.07) is 9.31. The zero-order valence-corrected chi connectivity index (χ0v) is 26.5. The fourth-order valence-electron chi connectivity index (χ4n) is 4.70. The van der Waals surface area contributed by atoms with E-state index >= 15 is 0 Å². The third-order valence-electron chi connectivity index (χ3n) is 8.10. The van der Waals surface area contributed by atoms with Crippen molar-refractivity contribution in [3.05, 3.63) is 48.9 Å². The zero-order chi connectivity index (χ0) is 30.2. The summed E-state index contributed by atoms with van der Waals surface area (Å²) in [4.78, 5) is 29.4. The van der Waals surface area contributed by atoms with Crippen LogP contribution in [0.4, 0.5) is 11.5 Å². The molecular weight excluding hydrogens is 550 g/mol. The lowest BCUT2D eigenvalue weighted by molar-refractivity contribution is -0.125. The van der Waals surface area contributed by atoms with Crippen LogP contribution in [0.15, 0.2) is 48.9 Å². The van der Waals surface area contributed by atoms with Crippen LogP contribution in [0.5, 0.6) is 11.5 Å². The lowest BCUT2D eigenvalue weighted by atomic mass is 10.1. The molecule has 222 valence electrons. The highest BCUT2D eigenvalue weighted by Crippen LogP contribution is 2.39. The largest absolute Gasteiger partial charge is 0.497 e. The number of aryl methyl sites for hydroxylation is 1. The average molecular weight is 590 g/mol. The standard InChI is InChI=1S/C30H39N7O4Si/c1-30(2,3)42(7,8)41-26-11-20(33-29(26)38)18-37(21-12-22(39-5)14-23(13-21)40-6)27-10-9-24-28(35-27)34-25(16-31-24)19-15-32-36(4)17-19/h9-10,12-17,20,26H,11,18H2,1-8H3,(H,33,38). The van der Waals surface area contributed by atoms with Crippen molar-refractivity contribution in [3.63, 3.8) is 0 Å². The van der Waals surface area contributed by atoms with E-state index in [2.05, 4.69) is 49.3 Å². The van der Waals surface area contributed by atoms with Crippen LogP contribution in [0.1, 0.15) is 27.2 Å². The molecule has 0 radical (unpaired) electrons. The van der Waals surface area contributed by atoms with Crippen molar-refractivity contribution >= 4 is 36.9 Å². The molecule has 1 fully saturated rings. The van der Waals surface area contributed by atoms with Gasteiger partial charge in [0.15, 0.2) is 14.0 Å². The molecule has 1 amide bonds. The Labute approximate surface area is 247 Å². The molecule has 1 aliphatic rings. The molecule has 12 heteroatoms. The number of amides is 1. The van der Waals surface area contributed by atoms with Crippen LogP contribution in [-0.2, 0) is 16.3 Å². The second-order valence-corrected chi connectivity index (χ2v) is 16.9. The van der Waals surface area contributed by atoms with Crippen molar-refractivity contribution in [2.45, 2.75) is 57.5 Å². The SMILES string of the molecule is COc1cc(OC)cc(N(CC2CC(O[Si](C)(C)C(C)(C)C)C(=O)N2)c2ccc3ncc(-c4cnn(C)c4)nc3n2)c1. The topological polar surface area (TPSA) is 117 Å². The van der Waals surface area contributed by atoms with Crippen LogP contribution in [-0.4, -0.2) is 71.9 Å². The average Bonchev–Trinajstić information content (AvgIpc) is 3.54. The molecule has 1 aliphatic heterocycles. The Morgan fingerprint density at radius 2 is 1.79 bits per heavy atom. The molecule has 11 nitrogen and oxygen atoms in total. The van der Waals surface area contributed by atoms with Crippen LogP contribution in [0, 0.1) is 0 Å². The minimum Gasteiger partial charge on any atom is -0.497 e. The van der Waals surface area contributed by atoms with Gasteiger partial charge >= 0.3 is 0 Å². The van der Waals surface area contributed by atoms with E-state index in [4.69, 9.17) is 23.9 Å². The summed E-state index contributed by atoms with van der Waals surface area (Å²) in [7, 11) is 2.96. The molecule has 2 unspecified atom stereocenters. The fraction of sp³-hybridized carbons (Fsp3) is 0.433. The van der Waals surface area contributed by atoms with Gasteiger partial charge < -0.3 is 24.1 Å². The first-order valence-corrected chi connectivity index (χ1v) is 16.9. The number of rotatable bonds is 9. The van der Waals surface area contributed by atoms with E-state index in [0.717, 1.165) is 11.3 Å². The van der Waals surface area contributed by atoms with Crippen LogP contribution in [0.2, 0.25) is 18.1 Å². The predicted molar refractivity (Wildman–Crippen MR) is 165 cm³/mol. The molecule has 1 saturated heterocycles. The van der Waals surface area contributed by atoms with Gasteiger partial charge in [-0.2, -0.15) is 5.10 Å². The predicted octanol–water partition coefficient (Wildman–Crippen LogP) is 4.86. The van der Waals surface area contributed by atoms with E-state index in [1.54, 1.807) is 31.3 Å². The molecule has 0 aliphatic carbocycles. The molecule has 1 aromatic carbocycles. The molecule has 1 N–H and O–H groups in total. The number of ether oxygens (including phenoxy) is 2. The smallest absolute Gasteiger partial charge is 0.248 e. The fourth-order valence-corrected chi connectivity index (χ4v) is 5.97. The molecule has 3 aromatic heterocycles. The lowest BCUT2D eigenvalue weighted by Crippen LogP contribution is -2.45. The van der Waals surface area contributed by atoms with Gasteiger partial charge in [-0.1, -0.05) is 20.8 Å². The normalized spacial score (nSPS) is 17.4. The van der Waals surface area contributed by atoms with E-state index in [1.807, 2.05) is 48.5 Å². The Hall–Kier alpha value is -4.03. The first-order valence-electron chi connectivity index (χ1n) is 14.0. The molecule has 4 aromatic rings. The molecule has 5 rings (SSSR count). The number of hydrogen-bond acceptors (Lipinski definition) is 9. The third kappa shape index (κ3) is 6.09. The number of methoxy groups -OCH3 is 2. The molecular formula is C30H39N7O4Si. The number of hydrogen-bond donors (Lipinski definition) is 1. The van der Waals surface area contributed by atoms with Gasteiger partial charge in [0.2, 0.25) is 5.91 Å². The number of aromatic nitrogens is 5. The summed E-state index contributed by atoms with van der Waals surface area (Å²) in [5.74, 6) is 1.86. The van der Waals surface area contributed by atoms with Crippen molar-refractivity contribution < 1.29 is 18.7 Å². The Kier molecular flexibility index (Phi) is 7.95. The number of pyridine rings is 1. The molecule has 2 atom stereocenters. The molecule has 0 spiro atoms. The quantitative estimate of drug-likeness (QED) is 0.273. The summed E-state index contributed by atoms with van der Waals surface area (Å²) >= 11 is 0. The van der Waals surface area contributed by atoms with Gasteiger partial charge in [-0.25, -0.2) is 9.97 Å². The summed E-state index contributed by atoms with van der Waals surface area (Å²) in [6.07, 6.45) is 5.43. The maximum absolute atomic E-state index is 13.1. The first-order chi connectivity index (χ1) is 19.9. The number of anilines is 2. The van der Waals surface area contributed by atoms with Crippen LogP contribution < -0.4 is 19.7 Å². The zero-order valence-electron chi connectivity index (χ0n) is 25.5. The van der Waals surface area contributed by atoms with Gasteiger partial charge in [0, 0.05) is 61.7 Å². The van der Waals surface area contributed by atoms with Crippen molar-refractivity contribution in [2.24, 2.45) is 7.05 Å². The maximum Gasteiger partial charge on any atom is 0.248 e. The van der Waals surface area contributed by atoms with E-state index in [1.165, 1.54) is 0 Å². The Morgan fingerprint density at radius 1 is 1.07 bits per heavy atom. The lowest BCUT2D eigenvalue weighted by Gasteiger charge is -2.37. The highest BCUT2D eigenvalue weighted by atomic mass is 28.4. The van der Waals surface area contributed by atoms with Gasteiger partial charge in [0.25, 0.3) is 0 Å². The number of nitrogens with zero attached hydrogens (tertiary/aromatic N) is 6. The molecule has 0 saturated carbocycles. The number of carbonyl (C=O) groups excluding carboxylic acids is 1. The van der Waals surface area contributed by atoms with E-state index < -0.39 is 14.4 Å². The monoisotopic (exact) mass is 589 g/mol. The van der Waals surface area contributed by atoms with Crippen molar-refractivity contribution in [3.8, 4) is 22.8 Å². The third-order valence-corrected chi connectivity index (χ3v) is 12.6. The number of nitrogens with one attached hydrogen (secondary N) is 1. The second-order valence-electron chi connectivity index (χ2n) is 12.2.